The van der Waals surface area contributed by atoms with Crippen LogP contribution in [0.1, 0.15) is 21.8 Å². The first kappa shape index (κ1) is 16.4. The van der Waals surface area contributed by atoms with E-state index in [9.17, 15) is 9.18 Å². The van der Waals surface area contributed by atoms with Crippen molar-refractivity contribution < 1.29 is 14.0 Å². The zero-order valence-electron chi connectivity index (χ0n) is 13.3. The number of carbonyl (C=O) groups excluding carboxylic acids is 1. The standard InChI is InChI=1S/C17H21FN2O2/c1-19(2)11-12-5-6-13(9-12)15-10-14(7-8-16(15)18)17(21)20(3)22-4/h5-10,13H,11H2,1-4H3. The highest BCUT2D eigenvalue weighted by Gasteiger charge is 2.19. The van der Waals surface area contributed by atoms with Crippen molar-refractivity contribution >= 4 is 5.91 Å². The number of hydrogen-bond acceptors (Lipinski definition) is 3. The number of rotatable bonds is 5. The highest BCUT2D eigenvalue weighted by molar-refractivity contribution is 5.93. The largest absolute Gasteiger partial charge is 0.305 e. The first-order chi connectivity index (χ1) is 10.4. The zero-order valence-corrected chi connectivity index (χ0v) is 13.3. The second-order valence-corrected chi connectivity index (χ2v) is 5.59. The molecule has 1 atom stereocenters. The molecule has 0 bridgehead atoms. The average Bonchev–Trinajstić information content (AvgIpc) is 2.93. The Morgan fingerprint density at radius 2 is 2.05 bits per heavy atom. The molecule has 0 fully saturated rings. The Morgan fingerprint density at radius 1 is 1.32 bits per heavy atom. The fraction of sp³-hybridized carbons (Fsp3) is 0.353. The fourth-order valence-electron chi connectivity index (χ4n) is 2.43. The van der Waals surface area contributed by atoms with E-state index in [1.165, 1.54) is 26.3 Å². The van der Waals surface area contributed by atoms with Crippen LogP contribution < -0.4 is 0 Å². The molecule has 5 heteroatoms. The van der Waals surface area contributed by atoms with Gasteiger partial charge >= 0.3 is 0 Å². The van der Waals surface area contributed by atoms with Crippen LogP contribution in [0.2, 0.25) is 0 Å². The monoisotopic (exact) mass is 304 g/mol. The number of hydroxylamine groups is 2. The first-order valence-electron chi connectivity index (χ1n) is 7.07. The van der Waals surface area contributed by atoms with Gasteiger partial charge in [-0.3, -0.25) is 9.63 Å². The van der Waals surface area contributed by atoms with Gasteiger partial charge in [0.25, 0.3) is 5.91 Å². The summed E-state index contributed by atoms with van der Waals surface area (Å²) in [4.78, 5) is 19.0. The van der Waals surface area contributed by atoms with E-state index in [0.717, 1.165) is 17.2 Å². The molecule has 1 aromatic carbocycles. The summed E-state index contributed by atoms with van der Waals surface area (Å²) < 4.78 is 14.1. The lowest BCUT2D eigenvalue weighted by Crippen LogP contribution is -2.25. The molecule has 0 heterocycles. The Morgan fingerprint density at radius 3 is 2.68 bits per heavy atom. The molecule has 0 N–H and O–H groups in total. The highest BCUT2D eigenvalue weighted by Crippen LogP contribution is 2.29. The van der Waals surface area contributed by atoms with Crippen molar-refractivity contribution in [3.05, 3.63) is 58.9 Å². The predicted octanol–water partition coefficient (Wildman–Crippen LogP) is 2.60. The summed E-state index contributed by atoms with van der Waals surface area (Å²) in [6, 6.07) is 4.40. The van der Waals surface area contributed by atoms with E-state index in [-0.39, 0.29) is 17.6 Å². The van der Waals surface area contributed by atoms with Crippen molar-refractivity contribution in [1.29, 1.82) is 0 Å². The normalized spacial score (nSPS) is 17.0. The summed E-state index contributed by atoms with van der Waals surface area (Å²) in [5, 5.41) is 1.12. The molecule has 118 valence electrons. The third-order valence-corrected chi connectivity index (χ3v) is 3.57. The first-order valence-corrected chi connectivity index (χ1v) is 7.07. The number of nitrogens with zero attached hydrogens (tertiary/aromatic N) is 2. The average molecular weight is 304 g/mol. The smallest absolute Gasteiger partial charge is 0.277 e. The van der Waals surface area contributed by atoms with Gasteiger partial charge in [0, 0.05) is 25.1 Å². The number of hydrogen-bond donors (Lipinski definition) is 0. The number of benzene rings is 1. The van der Waals surface area contributed by atoms with Gasteiger partial charge in [0.2, 0.25) is 0 Å². The Hall–Kier alpha value is -1.98. The van der Waals surface area contributed by atoms with Crippen LogP contribution in [-0.2, 0) is 4.84 Å². The lowest BCUT2D eigenvalue weighted by molar-refractivity contribution is -0.0757. The number of allylic oxidation sites excluding steroid dienone is 2. The van der Waals surface area contributed by atoms with E-state index in [0.29, 0.717) is 11.1 Å². The van der Waals surface area contributed by atoms with Crippen LogP contribution in [0.25, 0.3) is 0 Å². The van der Waals surface area contributed by atoms with Crippen LogP contribution in [0.5, 0.6) is 0 Å². The highest BCUT2D eigenvalue weighted by atomic mass is 19.1. The number of halogens is 1. The van der Waals surface area contributed by atoms with Crippen molar-refractivity contribution in [2.45, 2.75) is 5.92 Å². The number of amides is 1. The van der Waals surface area contributed by atoms with E-state index >= 15 is 0 Å². The van der Waals surface area contributed by atoms with Crippen LogP contribution in [0.3, 0.4) is 0 Å². The fourth-order valence-corrected chi connectivity index (χ4v) is 2.43. The van der Waals surface area contributed by atoms with Crippen molar-refractivity contribution in [3.8, 4) is 0 Å². The molecule has 2 rings (SSSR count). The molecule has 0 aliphatic heterocycles. The van der Waals surface area contributed by atoms with Crippen LogP contribution >= 0.6 is 0 Å². The molecule has 1 amide bonds. The lowest BCUT2D eigenvalue weighted by Gasteiger charge is -2.15. The quantitative estimate of drug-likeness (QED) is 0.784. The molecule has 0 radical (unpaired) electrons. The molecule has 0 saturated carbocycles. The molecule has 1 aliphatic rings. The molecule has 22 heavy (non-hydrogen) atoms. The van der Waals surface area contributed by atoms with Crippen molar-refractivity contribution in [2.75, 3.05) is 34.8 Å². The molecule has 1 unspecified atom stereocenters. The minimum atomic E-state index is -0.311. The number of likely N-dealkylation sites (N-methyl/N-ethyl adjacent to an activating group) is 1. The predicted molar refractivity (Wildman–Crippen MR) is 84.0 cm³/mol. The second-order valence-electron chi connectivity index (χ2n) is 5.59. The maximum absolute atomic E-state index is 14.1. The Bertz CT molecular complexity index is 623. The van der Waals surface area contributed by atoms with Gasteiger partial charge in [0.15, 0.2) is 0 Å². The Kier molecular flexibility index (Phi) is 5.11. The molecule has 0 saturated heterocycles. The molecular formula is C17H21FN2O2. The molecule has 1 aliphatic carbocycles. The summed E-state index contributed by atoms with van der Waals surface area (Å²) in [6.45, 7) is 0.805. The van der Waals surface area contributed by atoms with Gasteiger partial charge in [-0.05, 0) is 43.4 Å². The van der Waals surface area contributed by atoms with Crippen molar-refractivity contribution in [3.63, 3.8) is 0 Å². The molecular weight excluding hydrogens is 283 g/mol. The van der Waals surface area contributed by atoms with Gasteiger partial charge in [0.1, 0.15) is 5.82 Å². The SMILES string of the molecule is CON(C)C(=O)c1ccc(F)c(C2C=CC(CN(C)C)=C2)c1. The van der Waals surface area contributed by atoms with Crippen LogP contribution in [0, 0.1) is 5.82 Å². The maximum Gasteiger partial charge on any atom is 0.277 e. The third-order valence-electron chi connectivity index (χ3n) is 3.57. The molecule has 0 spiro atoms. The summed E-state index contributed by atoms with van der Waals surface area (Å²) in [5.41, 5.74) is 2.05. The Labute approximate surface area is 130 Å². The topological polar surface area (TPSA) is 32.8 Å². The Balaban J connectivity index is 2.27. The lowest BCUT2D eigenvalue weighted by atomic mass is 9.97. The van der Waals surface area contributed by atoms with E-state index < -0.39 is 0 Å². The van der Waals surface area contributed by atoms with Gasteiger partial charge < -0.3 is 4.90 Å². The zero-order chi connectivity index (χ0) is 16.3. The summed E-state index contributed by atoms with van der Waals surface area (Å²) in [6.07, 6.45) is 5.97. The van der Waals surface area contributed by atoms with Gasteiger partial charge in [-0.1, -0.05) is 18.2 Å². The molecule has 1 aromatic rings. The summed E-state index contributed by atoms with van der Waals surface area (Å²) in [5.74, 6) is -0.757. The van der Waals surface area contributed by atoms with Crippen LogP contribution in [0.4, 0.5) is 4.39 Å². The molecule has 4 nitrogen and oxygen atoms in total. The van der Waals surface area contributed by atoms with E-state index in [1.54, 1.807) is 6.07 Å². The summed E-state index contributed by atoms with van der Waals surface area (Å²) >= 11 is 0. The van der Waals surface area contributed by atoms with Crippen molar-refractivity contribution in [2.24, 2.45) is 0 Å². The van der Waals surface area contributed by atoms with Gasteiger partial charge in [-0.15, -0.1) is 0 Å². The van der Waals surface area contributed by atoms with Gasteiger partial charge in [0.05, 0.1) is 7.11 Å². The minimum Gasteiger partial charge on any atom is -0.305 e. The van der Waals surface area contributed by atoms with E-state index in [2.05, 4.69) is 4.90 Å². The summed E-state index contributed by atoms with van der Waals surface area (Å²) in [7, 11) is 6.92. The number of carbonyl (C=O) groups is 1. The second kappa shape index (κ2) is 6.85. The van der Waals surface area contributed by atoms with Gasteiger partial charge in [-0.2, -0.15) is 0 Å². The van der Waals surface area contributed by atoms with Crippen molar-refractivity contribution in [1.82, 2.24) is 9.96 Å². The van der Waals surface area contributed by atoms with Crippen LogP contribution in [-0.4, -0.2) is 50.7 Å². The minimum absolute atomic E-state index is 0.143. The van der Waals surface area contributed by atoms with Gasteiger partial charge in [-0.25, -0.2) is 9.45 Å². The van der Waals surface area contributed by atoms with Crippen LogP contribution in [0.15, 0.2) is 42.0 Å². The maximum atomic E-state index is 14.1. The third kappa shape index (κ3) is 3.61. The molecule has 0 aromatic heterocycles. The van der Waals surface area contributed by atoms with E-state index in [4.69, 9.17) is 4.84 Å². The van der Waals surface area contributed by atoms with E-state index in [1.807, 2.05) is 32.3 Å².